The number of benzene rings is 3. The van der Waals surface area contributed by atoms with Crippen LogP contribution in [0, 0.1) is 0 Å². The van der Waals surface area contributed by atoms with Crippen LogP contribution in [0.4, 0.5) is 0 Å². The fourth-order valence-electron chi connectivity index (χ4n) is 3.99. The van der Waals surface area contributed by atoms with E-state index in [-0.39, 0.29) is 12.4 Å². The number of aliphatic hydroxyl groups is 1. The second-order valence-corrected chi connectivity index (χ2v) is 7.85. The molecule has 2 nitrogen and oxygen atoms in total. The molecular formula is C27H30ClNO. The molecule has 1 aliphatic rings. The Kier molecular flexibility index (Phi) is 8.27. The average molecular weight is 420 g/mol. The standard InChI is InChI=1S/C27H29NO.ClH/c29-27(26-13-11-23(12-14-26)21-22-7-3-1-4-8-22)17-20-28-18-15-25(16-19-28)24-9-5-2-6-10-24;/h1-15,27,29H,16-21H2;1H. The molecule has 1 unspecified atom stereocenters. The van der Waals surface area contributed by atoms with Gasteiger partial charge in [-0.05, 0) is 47.1 Å². The van der Waals surface area contributed by atoms with Gasteiger partial charge in [0.05, 0.1) is 6.10 Å². The summed E-state index contributed by atoms with van der Waals surface area (Å²) in [5.74, 6) is 0. The van der Waals surface area contributed by atoms with Crippen molar-refractivity contribution in [3.8, 4) is 0 Å². The maximum Gasteiger partial charge on any atom is 0.0802 e. The minimum atomic E-state index is -0.403. The van der Waals surface area contributed by atoms with E-state index in [0.717, 1.165) is 44.5 Å². The van der Waals surface area contributed by atoms with Crippen molar-refractivity contribution in [3.63, 3.8) is 0 Å². The molecule has 0 amide bonds. The van der Waals surface area contributed by atoms with Crippen LogP contribution in [0.25, 0.3) is 5.57 Å². The Labute approximate surface area is 186 Å². The van der Waals surface area contributed by atoms with Crippen molar-refractivity contribution in [2.75, 3.05) is 19.6 Å². The monoisotopic (exact) mass is 419 g/mol. The van der Waals surface area contributed by atoms with Gasteiger partial charge in [0.2, 0.25) is 0 Å². The quantitative estimate of drug-likeness (QED) is 0.514. The van der Waals surface area contributed by atoms with Gasteiger partial charge in [-0.25, -0.2) is 0 Å². The fourth-order valence-corrected chi connectivity index (χ4v) is 3.99. The number of hydrogen-bond acceptors (Lipinski definition) is 2. The number of halogens is 1. The van der Waals surface area contributed by atoms with E-state index in [9.17, 15) is 5.11 Å². The lowest BCUT2D eigenvalue weighted by Crippen LogP contribution is -2.30. The highest BCUT2D eigenvalue weighted by Gasteiger charge is 2.15. The van der Waals surface area contributed by atoms with Crippen LogP contribution in [0.15, 0.2) is 91.0 Å². The molecule has 4 rings (SSSR count). The zero-order chi connectivity index (χ0) is 19.9. The van der Waals surface area contributed by atoms with Gasteiger partial charge >= 0.3 is 0 Å². The van der Waals surface area contributed by atoms with Gasteiger partial charge in [0, 0.05) is 19.6 Å². The number of nitrogens with zero attached hydrogens (tertiary/aromatic N) is 1. The Morgan fingerprint density at radius 1 is 0.800 bits per heavy atom. The van der Waals surface area contributed by atoms with E-state index in [1.807, 2.05) is 6.07 Å². The van der Waals surface area contributed by atoms with Crippen LogP contribution in [0.1, 0.15) is 41.2 Å². The molecule has 0 aliphatic carbocycles. The molecule has 0 bridgehead atoms. The van der Waals surface area contributed by atoms with Gasteiger partial charge in [-0.2, -0.15) is 0 Å². The summed E-state index contributed by atoms with van der Waals surface area (Å²) in [6.07, 6.45) is 4.71. The van der Waals surface area contributed by atoms with Crippen molar-refractivity contribution in [2.45, 2.75) is 25.4 Å². The van der Waals surface area contributed by atoms with E-state index in [2.05, 4.69) is 89.8 Å². The molecular weight excluding hydrogens is 390 g/mol. The largest absolute Gasteiger partial charge is 0.388 e. The van der Waals surface area contributed by atoms with E-state index >= 15 is 0 Å². The maximum atomic E-state index is 10.6. The first kappa shape index (κ1) is 22.3. The van der Waals surface area contributed by atoms with Crippen LogP contribution < -0.4 is 0 Å². The van der Waals surface area contributed by atoms with Crippen LogP contribution in [0.2, 0.25) is 0 Å². The molecule has 0 aromatic heterocycles. The molecule has 0 spiro atoms. The average Bonchev–Trinajstić information content (AvgIpc) is 2.80. The number of hydrogen-bond donors (Lipinski definition) is 1. The Morgan fingerprint density at radius 3 is 2.07 bits per heavy atom. The van der Waals surface area contributed by atoms with E-state index in [1.54, 1.807) is 0 Å². The molecule has 0 saturated heterocycles. The molecule has 0 fully saturated rings. The predicted octanol–water partition coefficient (Wildman–Crippen LogP) is 5.91. The van der Waals surface area contributed by atoms with Gasteiger partial charge in [-0.1, -0.05) is 91.0 Å². The van der Waals surface area contributed by atoms with Crippen molar-refractivity contribution in [1.82, 2.24) is 4.90 Å². The van der Waals surface area contributed by atoms with Crippen molar-refractivity contribution >= 4 is 18.0 Å². The smallest absolute Gasteiger partial charge is 0.0802 e. The molecule has 0 radical (unpaired) electrons. The summed E-state index contributed by atoms with van der Waals surface area (Å²) >= 11 is 0. The normalized spacial score (nSPS) is 15.2. The lowest BCUT2D eigenvalue weighted by atomic mass is 9.98. The molecule has 1 N–H and O–H groups in total. The Hall–Kier alpha value is -2.39. The van der Waals surface area contributed by atoms with E-state index in [1.165, 1.54) is 22.3 Å². The first-order chi connectivity index (χ1) is 14.3. The minimum Gasteiger partial charge on any atom is -0.388 e. The first-order valence-corrected chi connectivity index (χ1v) is 10.6. The highest BCUT2D eigenvalue weighted by atomic mass is 35.5. The van der Waals surface area contributed by atoms with Gasteiger partial charge in [-0.15, -0.1) is 12.4 Å². The second kappa shape index (κ2) is 11.1. The van der Waals surface area contributed by atoms with Crippen molar-refractivity contribution < 1.29 is 5.11 Å². The van der Waals surface area contributed by atoms with Crippen LogP contribution in [-0.2, 0) is 6.42 Å². The van der Waals surface area contributed by atoms with Crippen molar-refractivity contribution in [1.29, 1.82) is 0 Å². The summed E-state index contributed by atoms with van der Waals surface area (Å²) < 4.78 is 0. The van der Waals surface area contributed by atoms with Gasteiger partial charge in [0.25, 0.3) is 0 Å². The molecule has 3 aromatic carbocycles. The van der Waals surface area contributed by atoms with Crippen LogP contribution in [0.3, 0.4) is 0 Å². The number of rotatable bonds is 7. The summed E-state index contributed by atoms with van der Waals surface area (Å²) in [4.78, 5) is 2.43. The van der Waals surface area contributed by atoms with E-state index in [4.69, 9.17) is 0 Å². The topological polar surface area (TPSA) is 23.5 Å². The zero-order valence-electron chi connectivity index (χ0n) is 17.3. The fraction of sp³-hybridized carbons (Fsp3) is 0.259. The SMILES string of the molecule is Cl.OC(CCN1CC=C(c2ccccc2)CC1)c1ccc(Cc2ccccc2)cc1. The summed E-state index contributed by atoms with van der Waals surface area (Å²) in [6, 6.07) is 29.6. The number of aliphatic hydroxyl groups excluding tert-OH is 1. The summed E-state index contributed by atoms with van der Waals surface area (Å²) in [7, 11) is 0. The molecule has 1 heterocycles. The second-order valence-electron chi connectivity index (χ2n) is 7.85. The lowest BCUT2D eigenvalue weighted by Gasteiger charge is -2.27. The van der Waals surface area contributed by atoms with Crippen LogP contribution in [0.5, 0.6) is 0 Å². The van der Waals surface area contributed by atoms with E-state index < -0.39 is 6.10 Å². The zero-order valence-corrected chi connectivity index (χ0v) is 18.1. The third-order valence-corrected chi connectivity index (χ3v) is 5.77. The molecule has 156 valence electrons. The molecule has 3 heteroatoms. The summed E-state index contributed by atoms with van der Waals surface area (Å²) in [6.45, 7) is 2.95. The Morgan fingerprint density at radius 2 is 1.43 bits per heavy atom. The minimum absolute atomic E-state index is 0. The highest BCUT2D eigenvalue weighted by molar-refractivity contribution is 5.85. The first-order valence-electron chi connectivity index (χ1n) is 10.6. The Bertz CT molecular complexity index is 922. The maximum absolute atomic E-state index is 10.6. The molecule has 0 saturated carbocycles. The lowest BCUT2D eigenvalue weighted by molar-refractivity contribution is 0.145. The molecule has 1 atom stereocenters. The van der Waals surface area contributed by atoms with Gasteiger partial charge < -0.3 is 5.11 Å². The summed E-state index contributed by atoms with van der Waals surface area (Å²) in [5.41, 5.74) is 6.38. The van der Waals surface area contributed by atoms with Gasteiger partial charge in [0.15, 0.2) is 0 Å². The van der Waals surface area contributed by atoms with Gasteiger partial charge in [-0.3, -0.25) is 4.90 Å². The highest BCUT2D eigenvalue weighted by Crippen LogP contribution is 2.24. The predicted molar refractivity (Wildman–Crippen MR) is 128 cm³/mol. The molecule has 3 aromatic rings. The van der Waals surface area contributed by atoms with Crippen molar-refractivity contribution in [2.24, 2.45) is 0 Å². The third-order valence-electron chi connectivity index (χ3n) is 5.77. The molecule has 30 heavy (non-hydrogen) atoms. The van der Waals surface area contributed by atoms with Gasteiger partial charge in [0.1, 0.15) is 0 Å². The third kappa shape index (κ3) is 6.06. The van der Waals surface area contributed by atoms with Crippen LogP contribution in [-0.4, -0.2) is 29.6 Å². The summed E-state index contributed by atoms with van der Waals surface area (Å²) in [5, 5.41) is 10.6. The van der Waals surface area contributed by atoms with Crippen LogP contribution >= 0.6 is 12.4 Å². The molecule has 1 aliphatic heterocycles. The Balaban J connectivity index is 0.00000256. The van der Waals surface area contributed by atoms with E-state index in [0.29, 0.717) is 0 Å². The van der Waals surface area contributed by atoms with Crippen molar-refractivity contribution in [3.05, 3.63) is 113 Å².